The second kappa shape index (κ2) is 6.19. The SMILES string of the molecule is CN(Cc1ccc(Cl)c(Br)c1)CC(C)(C)CN. The number of hydrogen-bond donors (Lipinski definition) is 1. The van der Waals surface area contributed by atoms with Crippen LogP contribution in [0.25, 0.3) is 0 Å². The maximum Gasteiger partial charge on any atom is 0.0548 e. The fourth-order valence-corrected chi connectivity index (χ4v) is 2.34. The Morgan fingerprint density at radius 3 is 2.59 bits per heavy atom. The van der Waals surface area contributed by atoms with Crippen LogP contribution in [0.15, 0.2) is 22.7 Å². The Hall–Kier alpha value is -0.0900. The Bertz CT molecular complexity index is 380. The monoisotopic (exact) mass is 318 g/mol. The van der Waals surface area contributed by atoms with Gasteiger partial charge in [0.15, 0.2) is 0 Å². The molecule has 0 atom stereocenters. The molecule has 2 N–H and O–H groups in total. The van der Waals surface area contributed by atoms with Gasteiger partial charge in [-0.1, -0.05) is 31.5 Å². The predicted molar refractivity (Wildman–Crippen MR) is 78.3 cm³/mol. The van der Waals surface area contributed by atoms with Crippen LogP contribution in [-0.4, -0.2) is 25.0 Å². The van der Waals surface area contributed by atoms with Crippen molar-refractivity contribution in [1.82, 2.24) is 4.90 Å². The summed E-state index contributed by atoms with van der Waals surface area (Å²) >= 11 is 9.41. The molecular weight excluding hydrogens is 300 g/mol. The molecule has 0 saturated carbocycles. The summed E-state index contributed by atoms with van der Waals surface area (Å²) < 4.78 is 0.947. The zero-order chi connectivity index (χ0) is 13.1. The van der Waals surface area contributed by atoms with Gasteiger partial charge in [0.1, 0.15) is 0 Å². The van der Waals surface area contributed by atoms with Crippen molar-refractivity contribution >= 4 is 27.5 Å². The average molecular weight is 320 g/mol. The topological polar surface area (TPSA) is 29.3 Å². The van der Waals surface area contributed by atoms with Crippen molar-refractivity contribution in [1.29, 1.82) is 0 Å². The second-order valence-electron chi connectivity index (χ2n) is 5.29. The van der Waals surface area contributed by atoms with Crippen LogP contribution >= 0.6 is 27.5 Å². The van der Waals surface area contributed by atoms with Gasteiger partial charge in [-0.3, -0.25) is 0 Å². The molecule has 96 valence electrons. The van der Waals surface area contributed by atoms with Gasteiger partial charge in [0.25, 0.3) is 0 Å². The van der Waals surface area contributed by atoms with Crippen LogP contribution in [0, 0.1) is 5.41 Å². The Morgan fingerprint density at radius 2 is 2.06 bits per heavy atom. The molecule has 0 aromatic heterocycles. The number of rotatable bonds is 5. The quantitative estimate of drug-likeness (QED) is 0.900. The van der Waals surface area contributed by atoms with Crippen molar-refractivity contribution in [2.45, 2.75) is 20.4 Å². The third-order valence-corrected chi connectivity index (χ3v) is 3.90. The van der Waals surface area contributed by atoms with Gasteiger partial charge in [-0.15, -0.1) is 0 Å². The number of hydrogen-bond acceptors (Lipinski definition) is 2. The first kappa shape index (κ1) is 15.0. The molecule has 0 saturated heterocycles. The maximum absolute atomic E-state index is 5.97. The molecule has 0 unspecified atom stereocenters. The summed E-state index contributed by atoms with van der Waals surface area (Å²) in [6.45, 7) is 6.94. The largest absolute Gasteiger partial charge is 0.330 e. The lowest BCUT2D eigenvalue weighted by Gasteiger charge is -2.29. The molecule has 17 heavy (non-hydrogen) atoms. The zero-order valence-electron chi connectivity index (χ0n) is 10.6. The molecule has 0 heterocycles. The minimum atomic E-state index is 0.151. The van der Waals surface area contributed by atoms with E-state index >= 15 is 0 Å². The lowest BCUT2D eigenvalue weighted by molar-refractivity contribution is 0.210. The molecule has 1 aromatic carbocycles. The third kappa shape index (κ3) is 4.96. The number of halogens is 2. The van der Waals surface area contributed by atoms with Crippen molar-refractivity contribution in [2.75, 3.05) is 20.1 Å². The molecule has 0 aliphatic carbocycles. The van der Waals surface area contributed by atoms with E-state index in [0.717, 1.165) is 22.6 Å². The lowest BCUT2D eigenvalue weighted by atomic mass is 9.93. The molecule has 1 rings (SSSR count). The van der Waals surface area contributed by atoms with Crippen LogP contribution in [0.3, 0.4) is 0 Å². The van der Waals surface area contributed by atoms with E-state index in [0.29, 0.717) is 6.54 Å². The highest BCUT2D eigenvalue weighted by molar-refractivity contribution is 9.10. The van der Waals surface area contributed by atoms with Crippen LogP contribution in [0.5, 0.6) is 0 Å². The summed E-state index contributed by atoms with van der Waals surface area (Å²) in [5, 5.41) is 0.749. The minimum absolute atomic E-state index is 0.151. The number of nitrogens with two attached hydrogens (primary N) is 1. The summed E-state index contributed by atoms with van der Waals surface area (Å²) in [5.74, 6) is 0. The Balaban J connectivity index is 2.62. The van der Waals surface area contributed by atoms with Crippen molar-refractivity contribution in [3.05, 3.63) is 33.3 Å². The van der Waals surface area contributed by atoms with E-state index in [1.54, 1.807) is 0 Å². The fourth-order valence-electron chi connectivity index (χ4n) is 1.80. The average Bonchev–Trinajstić information content (AvgIpc) is 2.23. The minimum Gasteiger partial charge on any atom is -0.330 e. The van der Waals surface area contributed by atoms with E-state index in [1.165, 1.54) is 5.56 Å². The molecule has 0 aliphatic heterocycles. The molecule has 0 aliphatic rings. The Labute approximate surface area is 117 Å². The highest BCUT2D eigenvalue weighted by Gasteiger charge is 2.18. The van der Waals surface area contributed by atoms with E-state index in [4.69, 9.17) is 17.3 Å². The maximum atomic E-state index is 5.97. The van der Waals surface area contributed by atoms with Crippen molar-refractivity contribution in [3.63, 3.8) is 0 Å². The summed E-state index contributed by atoms with van der Waals surface area (Å²) in [6, 6.07) is 6.04. The standard InChI is InChI=1S/C13H20BrClN2/c1-13(2,8-16)9-17(3)7-10-4-5-12(15)11(14)6-10/h4-6H,7-9,16H2,1-3H3. The Morgan fingerprint density at radius 1 is 1.41 bits per heavy atom. The Kier molecular flexibility index (Phi) is 5.45. The molecular formula is C13H20BrClN2. The van der Waals surface area contributed by atoms with Crippen molar-refractivity contribution < 1.29 is 0 Å². The molecule has 0 spiro atoms. The van der Waals surface area contributed by atoms with E-state index < -0.39 is 0 Å². The van der Waals surface area contributed by atoms with Crippen molar-refractivity contribution in [2.24, 2.45) is 11.1 Å². The zero-order valence-corrected chi connectivity index (χ0v) is 13.0. The van der Waals surface area contributed by atoms with Crippen LogP contribution in [0.1, 0.15) is 19.4 Å². The van der Waals surface area contributed by atoms with Gasteiger partial charge in [-0.2, -0.15) is 0 Å². The van der Waals surface area contributed by atoms with Gasteiger partial charge < -0.3 is 10.6 Å². The molecule has 1 aromatic rings. The first-order valence-corrected chi connectivity index (χ1v) is 6.84. The van der Waals surface area contributed by atoms with Crippen LogP contribution in [0.4, 0.5) is 0 Å². The first-order chi connectivity index (χ1) is 7.84. The summed E-state index contributed by atoms with van der Waals surface area (Å²) in [5.41, 5.74) is 7.14. The smallest absolute Gasteiger partial charge is 0.0548 e. The van der Waals surface area contributed by atoms with E-state index in [9.17, 15) is 0 Å². The van der Waals surface area contributed by atoms with Gasteiger partial charge in [-0.05, 0) is 52.6 Å². The molecule has 4 heteroatoms. The summed E-state index contributed by atoms with van der Waals surface area (Å²) in [4.78, 5) is 2.28. The highest BCUT2D eigenvalue weighted by Crippen LogP contribution is 2.24. The summed E-state index contributed by atoms with van der Waals surface area (Å²) in [6.07, 6.45) is 0. The molecule has 0 bridgehead atoms. The third-order valence-electron chi connectivity index (χ3n) is 2.69. The highest BCUT2D eigenvalue weighted by atomic mass is 79.9. The summed E-state index contributed by atoms with van der Waals surface area (Å²) in [7, 11) is 2.11. The normalized spacial score (nSPS) is 12.2. The van der Waals surface area contributed by atoms with Gasteiger partial charge in [-0.25, -0.2) is 0 Å². The lowest BCUT2D eigenvalue weighted by Crippen LogP contribution is -2.36. The van der Waals surface area contributed by atoms with Crippen molar-refractivity contribution in [3.8, 4) is 0 Å². The number of benzene rings is 1. The van der Waals surface area contributed by atoms with Gasteiger partial charge in [0.2, 0.25) is 0 Å². The fraction of sp³-hybridized carbons (Fsp3) is 0.538. The second-order valence-corrected chi connectivity index (χ2v) is 6.55. The van der Waals surface area contributed by atoms with E-state index in [1.807, 2.05) is 6.07 Å². The van der Waals surface area contributed by atoms with Crippen LogP contribution in [0.2, 0.25) is 5.02 Å². The van der Waals surface area contributed by atoms with Gasteiger partial charge >= 0.3 is 0 Å². The van der Waals surface area contributed by atoms with E-state index in [2.05, 4.69) is 53.9 Å². The molecule has 0 amide bonds. The van der Waals surface area contributed by atoms with E-state index in [-0.39, 0.29) is 5.41 Å². The molecule has 0 fully saturated rings. The predicted octanol–water partition coefficient (Wildman–Crippen LogP) is 3.52. The van der Waals surface area contributed by atoms with Crippen LogP contribution < -0.4 is 5.73 Å². The first-order valence-electron chi connectivity index (χ1n) is 5.66. The number of nitrogens with zero attached hydrogens (tertiary/aromatic N) is 1. The van der Waals surface area contributed by atoms with Gasteiger partial charge in [0, 0.05) is 17.6 Å². The van der Waals surface area contributed by atoms with Crippen LogP contribution in [-0.2, 0) is 6.54 Å². The van der Waals surface area contributed by atoms with Gasteiger partial charge in [0.05, 0.1) is 5.02 Å². The molecule has 2 nitrogen and oxygen atoms in total. The molecule has 0 radical (unpaired) electrons.